The first-order chi connectivity index (χ1) is 19.9. The number of hydrogen-bond acceptors (Lipinski definition) is 6. The number of amides is 2. The Labute approximate surface area is 239 Å². The van der Waals surface area contributed by atoms with E-state index in [1.54, 1.807) is 48.4 Å². The van der Waals surface area contributed by atoms with Crippen LogP contribution in [0.3, 0.4) is 0 Å². The van der Waals surface area contributed by atoms with Gasteiger partial charge in [-0.05, 0) is 47.9 Å². The molecular formula is C33H32N2O6. The van der Waals surface area contributed by atoms with Crippen molar-refractivity contribution in [1.82, 2.24) is 4.90 Å². The minimum atomic E-state index is -0.988. The van der Waals surface area contributed by atoms with Crippen LogP contribution in [0.1, 0.15) is 28.3 Å². The van der Waals surface area contributed by atoms with Gasteiger partial charge in [-0.1, -0.05) is 66.2 Å². The number of benzene rings is 4. The lowest BCUT2D eigenvalue weighted by molar-refractivity contribution is -0.139. The van der Waals surface area contributed by atoms with Crippen LogP contribution in [-0.4, -0.2) is 37.7 Å². The molecule has 0 aromatic heterocycles. The highest BCUT2D eigenvalue weighted by Gasteiger charge is 2.33. The molecule has 0 spiro atoms. The van der Waals surface area contributed by atoms with E-state index in [0.29, 0.717) is 34.2 Å². The molecule has 0 unspecified atom stereocenters. The van der Waals surface area contributed by atoms with Gasteiger partial charge in [0.15, 0.2) is 23.0 Å². The van der Waals surface area contributed by atoms with Crippen LogP contribution in [0.15, 0.2) is 91.0 Å². The SMILES string of the molecule is COc1ccc([C@H](C(=O)Nc2ccc3c(c2)OCO3)N(Cc2ccc(C)cc2)C(=O)Cc2ccccc2)cc1OC. The Kier molecular flexibility index (Phi) is 8.39. The van der Waals surface area contributed by atoms with Gasteiger partial charge in [0.1, 0.15) is 6.04 Å². The fraction of sp³-hybridized carbons (Fsp3) is 0.212. The molecule has 1 heterocycles. The quantitative estimate of drug-likeness (QED) is 0.272. The summed E-state index contributed by atoms with van der Waals surface area (Å²) >= 11 is 0. The van der Waals surface area contributed by atoms with Gasteiger partial charge in [-0.15, -0.1) is 0 Å². The first kappa shape index (κ1) is 27.6. The number of carbonyl (C=O) groups excluding carboxylic acids is 2. The molecule has 2 amide bonds. The second-order valence-corrected chi connectivity index (χ2v) is 9.74. The van der Waals surface area contributed by atoms with Crippen LogP contribution in [0.5, 0.6) is 23.0 Å². The highest BCUT2D eigenvalue weighted by atomic mass is 16.7. The van der Waals surface area contributed by atoms with Gasteiger partial charge in [-0.25, -0.2) is 0 Å². The van der Waals surface area contributed by atoms with Gasteiger partial charge in [0, 0.05) is 18.3 Å². The molecule has 5 rings (SSSR count). The van der Waals surface area contributed by atoms with Gasteiger partial charge in [0.05, 0.1) is 20.6 Å². The van der Waals surface area contributed by atoms with Crippen LogP contribution in [0, 0.1) is 6.92 Å². The Hall–Kier alpha value is -4.98. The van der Waals surface area contributed by atoms with E-state index < -0.39 is 6.04 Å². The summed E-state index contributed by atoms with van der Waals surface area (Å²) in [5.41, 5.74) is 3.96. The summed E-state index contributed by atoms with van der Waals surface area (Å²) in [6.07, 6.45) is 0.133. The highest BCUT2D eigenvalue weighted by molar-refractivity contribution is 5.98. The molecule has 0 saturated heterocycles. The van der Waals surface area contributed by atoms with E-state index in [4.69, 9.17) is 18.9 Å². The van der Waals surface area contributed by atoms with Gasteiger partial charge in [0.25, 0.3) is 5.91 Å². The third kappa shape index (κ3) is 6.44. The minimum absolute atomic E-state index is 0.124. The highest BCUT2D eigenvalue weighted by Crippen LogP contribution is 2.36. The van der Waals surface area contributed by atoms with Crippen LogP contribution in [0.2, 0.25) is 0 Å². The number of aryl methyl sites for hydroxylation is 1. The monoisotopic (exact) mass is 552 g/mol. The van der Waals surface area contributed by atoms with Gasteiger partial charge in [-0.3, -0.25) is 9.59 Å². The summed E-state index contributed by atoms with van der Waals surface area (Å²) in [5, 5.41) is 2.99. The molecule has 0 fully saturated rings. The van der Waals surface area contributed by atoms with Crippen molar-refractivity contribution >= 4 is 17.5 Å². The average Bonchev–Trinajstić information content (AvgIpc) is 3.46. The smallest absolute Gasteiger partial charge is 0.251 e. The first-order valence-electron chi connectivity index (χ1n) is 13.3. The number of ether oxygens (including phenoxy) is 4. The van der Waals surface area contributed by atoms with Crippen molar-refractivity contribution in [2.45, 2.75) is 25.9 Å². The van der Waals surface area contributed by atoms with Gasteiger partial charge >= 0.3 is 0 Å². The van der Waals surface area contributed by atoms with E-state index in [1.807, 2.05) is 61.5 Å². The zero-order chi connectivity index (χ0) is 28.8. The summed E-state index contributed by atoms with van der Waals surface area (Å²) in [6.45, 7) is 2.35. The molecule has 210 valence electrons. The van der Waals surface area contributed by atoms with E-state index >= 15 is 0 Å². The first-order valence-corrected chi connectivity index (χ1v) is 13.3. The van der Waals surface area contributed by atoms with Crippen LogP contribution in [-0.2, 0) is 22.6 Å². The van der Waals surface area contributed by atoms with E-state index in [-0.39, 0.29) is 31.6 Å². The van der Waals surface area contributed by atoms with Crippen molar-refractivity contribution in [3.63, 3.8) is 0 Å². The molecule has 0 saturated carbocycles. The van der Waals surface area contributed by atoms with Crippen molar-refractivity contribution in [1.29, 1.82) is 0 Å². The van der Waals surface area contributed by atoms with E-state index in [2.05, 4.69) is 5.32 Å². The number of rotatable bonds is 10. The van der Waals surface area contributed by atoms with E-state index in [1.165, 1.54) is 7.11 Å². The van der Waals surface area contributed by atoms with Crippen molar-refractivity contribution in [3.05, 3.63) is 113 Å². The molecule has 0 aliphatic carbocycles. The fourth-order valence-corrected chi connectivity index (χ4v) is 4.77. The lowest BCUT2D eigenvalue weighted by Crippen LogP contribution is -2.41. The zero-order valence-corrected chi connectivity index (χ0v) is 23.3. The molecule has 8 heteroatoms. The lowest BCUT2D eigenvalue weighted by Gasteiger charge is -2.32. The van der Waals surface area contributed by atoms with E-state index in [0.717, 1.165) is 16.7 Å². The van der Waals surface area contributed by atoms with Crippen LogP contribution in [0.25, 0.3) is 0 Å². The summed E-state index contributed by atoms with van der Waals surface area (Å²) in [6, 6.07) is 26.9. The maximum absolute atomic E-state index is 14.2. The number of methoxy groups -OCH3 is 2. The topological polar surface area (TPSA) is 86.3 Å². The molecule has 1 N–H and O–H groups in total. The number of hydrogen-bond donors (Lipinski definition) is 1. The fourth-order valence-electron chi connectivity index (χ4n) is 4.77. The predicted octanol–water partition coefficient (Wildman–Crippen LogP) is 5.69. The molecular weight excluding hydrogens is 520 g/mol. The van der Waals surface area contributed by atoms with Gasteiger partial charge < -0.3 is 29.2 Å². The number of nitrogens with one attached hydrogen (secondary N) is 1. The van der Waals surface area contributed by atoms with Crippen LogP contribution < -0.4 is 24.3 Å². The van der Waals surface area contributed by atoms with Crippen LogP contribution in [0.4, 0.5) is 5.69 Å². The number of carbonyl (C=O) groups is 2. The maximum atomic E-state index is 14.2. The molecule has 0 radical (unpaired) electrons. The third-order valence-corrected chi connectivity index (χ3v) is 6.92. The molecule has 8 nitrogen and oxygen atoms in total. The predicted molar refractivity (Wildman–Crippen MR) is 155 cm³/mol. The Bertz CT molecular complexity index is 1520. The lowest BCUT2D eigenvalue weighted by atomic mass is 10.0. The van der Waals surface area contributed by atoms with Crippen LogP contribution >= 0.6 is 0 Å². The molecule has 0 bridgehead atoms. The minimum Gasteiger partial charge on any atom is -0.493 e. The Morgan fingerprint density at radius 3 is 2.29 bits per heavy atom. The molecule has 1 aliphatic rings. The number of fused-ring (bicyclic) bond motifs is 1. The van der Waals surface area contributed by atoms with Crippen molar-refractivity contribution in [2.24, 2.45) is 0 Å². The normalized spacial score (nSPS) is 12.4. The number of anilines is 1. The number of nitrogens with zero attached hydrogens (tertiary/aromatic N) is 1. The Balaban J connectivity index is 1.56. The Morgan fingerprint density at radius 2 is 1.56 bits per heavy atom. The van der Waals surface area contributed by atoms with Crippen molar-refractivity contribution in [3.8, 4) is 23.0 Å². The van der Waals surface area contributed by atoms with Crippen molar-refractivity contribution in [2.75, 3.05) is 26.3 Å². The molecule has 1 atom stereocenters. The second kappa shape index (κ2) is 12.5. The maximum Gasteiger partial charge on any atom is 0.251 e. The van der Waals surface area contributed by atoms with Crippen molar-refractivity contribution < 1.29 is 28.5 Å². The standard InChI is InChI=1S/C33H32N2O6/c1-22-9-11-24(12-10-22)20-35(31(36)17-23-7-5-4-6-8-23)32(25-13-15-27(38-2)29(18-25)39-3)33(37)34-26-14-16-28-30(19-26)41-21-40-28/h4-16,18-19,32H,17,20-21H2,1-3H3,(H,34,37)/t32-/m1/s1. The average molecular weight is 553 g/mol. The second-order valence-electron chi connectivity index (χ2n) is 9.74. The van der Waals surface area contributed by atoms with E-state index in [9.17, 15) is 9.59 Å². The summed E-state index contributed by atoms with van der Waals surface area (Å²) in [5.74, 6) is 1.55. The molecule has 41 heavy (non-hydrogen) atoms. The summed E-state index contributed by atoms with van der Waals surface area (Å²) in [4.78, 5) is 29.8. The largest absolute Gasteiger partial charge is 0.493 e. The zero-order valence-electron chi connectivity index (χ0n) is 23.3. The third-order valence-electron chi connectivity index (χ3n) is 6.92. The Morgan fingerprint density at radius 1 is 0.829 bits per heavy atom. The molecule has 4 aromatic carbocycles. The summed E-state index contributed by atoms with van der Waals surface area (Å²) in [7, 11) is 3.09. The van der Waals surface area contributed by atoms with Gasteiger partial charge in [0.2, 0.25) is 12.7 Å². The molecule has 4 aromatic rings. The molecule has 1 aliphatic heterocycles. The summed E-state index contributed by atoms with van der Waals surface area (Å²) < 4.78 is 21.9. The van der Waals surface area contributed by atoms with Gasteiger partial charge in [-0.2, -0.15) is 0 Å².